The molecule has 0 amide bonds. The van der Waals surface area contributed by atoms with Crippen LogP contribution >= 0.6 is 22.7 Å². The summed E-state index contributed by atoms with van der Waals surface area (Å²) in [5.41, 5.74) is 0.912. The number of fused-ring (bicyclic) bond motifs is 1. The highest BCUT2D eigenvalue weighted by molar-refractivity contribution is 7.20. The van der Waals surface area contributed by atoms with Gasteiger partial charge in [0.2, 0.25) is 11.6 Å². The summed E-state index contributed by atoms with van der Waals surface area (Å²) in [5, 5.41) is 5.81. The van der Waals surface area contributed by atoms with E-state index in [2.05, 4.69) is 10.1 Å². The number of thiophene rings is 1. The van der Waals surface area contributed by atoms with Crippen molar-refractivity contribution in [2.45, 2.75) is 0 Å². The molecule has 0 unspecified atom stereocenters. The molecule has 3 aromatic heterocycles. The largest absolute Gasteiger partial charge is 0.363 e. The molecule has 0 bridgehead atoms. The number of carbonyl (C=O) groups is 2. The third-order valence-corrected chi connectivity index (χ3v) is 5.17. The van der Waals surface area contributed by atoms with Crippen LogP contribution < -0.4 is 0 Å². The van der Waals surface area contributed by atoms with Crippen LogP contribution in [-0.2, 0) is 0 Å². The Balaban J connectivity index is 1.75. The number of thiazole rings is 1. The van der Waals surface area contributed by atoms with E-state index in [0.717, 1.165) is 10.2 Å². The number of hydrogen-bond acceptors (Lipinski definition) is 7. The number of para-hydroxylation sites is 1. The van der Waals surface area contributed by atoms with Crippen LogP contribution in [0.3, 0.4) is 0 Å². The maximum atomic E-state index is 12.6. The van der Waals surface area contributed by atoms with Gasteiger partial charge >= 0.3 is 0 Å². The van der Waals surface area contributed by atoms with Crippen LogP contribution in [0.25, 0.3) is 10.2 Å². The molecular weight excluding hydrogens is 332 g/mol. The number of benzene rings is 1. The van der Waals surface area contributed by atoms with Crippen molar-refractivity contribution in [3.05, 3.63) is 69.2 Å². The molecule has 0 N–H and O–H groups in total. The summed E-state index contributed by atoms with van der Waals surface area (Å²) in [7, 11) is 0. The topological polar surface area (TPSA) is 73.1 Å². The predicted octanol–water partition coefficient (Wildman–Crippen LogP) is 3.81. The first-order chi connectivity index (χ1) is 11.2. The van der Waals surface area contributed by atoms with E-state index in [0.29, 0.717) is 9.88 Å². The molecule has 3 heterocycles. The molecule has 4 rings (SSSR count). The van der Waals surface area contributed by atoms with Crippen molar-refractivity contribution >= 4 is 44.5 Å². The van der Waals surface area contributed by atoms with Crippen LogP contribution in [0.15, 0.2) is 52.6 Å². The minimum absolute atomic E-state index is 0.00227. The number of aromatic nitrogens is 2. The molecule has 4 aromatic rings. The van der Waals surface area contributed by atoms with Gasteiger partial charge in [0.25, 0.3) is 0 Å². The molecule has 7 heteroatoms. The third kappa shape index (κ3) is 2.39. The smallest absolute Gasteiger partial charge is 0.244 e. The normalized spacial score (nSPS) is 11.0. The molecule has 0 saturated heterocycles. The molecule has 0 aliphatic heterocycles. The van der Waals surface area contributed by atoms with Gasteiger partial charge in [-0.2, -0.15) is 0 Å². The fourth-order valence-electron chi connectivity index (χ4n) is 2.17. The van der Waals surface area contributed by atoms with E-state index >= 15 is 0 Å². The van der Waals surface area contributed by atoms with Crippen molar-refractivity contribution < 1.29 is 14.1 Å². The SMILES string of the molecule is O=C(c1cccs1)c1conc1C(=O)c1nc2ccccc2s1. The van der Waals surface area contributed by atoms with Crippen molar-refractivity contribution in [2.24, 2.45) is 0 Å². The fraction of sp³-hybridized carbons (Fsp3) is 0. The van der Waals surface area contributed by atoms with E-state index in [9.17, 15) is 9.59 Å². The highest BCUT2D eigenvalue weighted by Gasteiger charge is 2.26. The summed E-state index contributed by atoms with van der Waals surface area (Å²) in [6.45, 7) is 0. The zero-order valence-corrected chi connectivity index (χ0v) is 13.2. The van der Waals surface area contributed by atoms with Gasteiger partial charge < -0.3 is 4.52 Å². The van der Waals surface area contributed by atoms with Crippen LogP contribution in [0.5, 0.6) is 0 Å². The van der Waals surface area contributed by atoms with Gasteiger partial charge in [-0.25, -0.2) is 4.98 Å². The Morgan fingerprint density at radius 2 is 1.91 bits per heavy atom. The monoisotopic (exact) mass is 340 g/mol. The second kappa shape index (κ2) is 5.53. The first-order valence-electron chi connectivity index (χ1n) is 6.67. The van der Waals surface area contributed by atoms with Gasteiger partial charge in [0, 0.05) is 0 Å². The Morgan fingerprint density at radius 1 is 1.04 bits per heavy atom. The fourth-order valence-corrected chi connectivity index (χ4v) is 3.76. The van der Waals surface area contributed by atoms with E-state index in [1.165, 1.54) is 28.9 Å². The Labute approximate surface area is 138 Å². The summed E-state index contributed by atoms with van der Waals surface area (Å²) < 4.78 is 5.78. The molecule has 0 saturated carbocycles. The van der Waals surface area contributed by atoms with Crippen molar-refractivity contribution in [3.8, 4) is 0 Å². The minimum atomic E-state index is -0.403. The molecule has 23 heavy (non-hydrogen) atoms. The van der Waals surface area contributed by atoms with Crippen LogP contribution in [0.1, 0.15) is 30.7 Å². The average Bonchev–Trinajstić information content (AvgIpc) is 3.32. The summed E-state index contributed by atoms with van der Waals surface area (Å²) in [6.07, 6.45) is 1.21. The minimum Gasteiger partial charge on any atom is -0.363 e. The lowest BCUT2D eigenvalue weighted by atomic mass is 10.1. The highest BCUT2D eigenvalue weighted by atomic mass is 32.1. The average molecular weight is 340 g/mol. The van der Waals surface area contributed by atoms with Crippen LogP contribution in [0, 0.1) is 0 Å². The van der Waals surface area contributed by atoms with Gasteiger partial charge in [-0.15, -0.1) is 22.7 Å². The second-order valence-electron chi connectivity index (χ2n) is 4.70. The molecule has 5 nitrogen and oxygen atoms in total. The first kappa shape index (κ1) is 14.0. The van der Waals surface area contributed by atoms with Gasteiger partial charge in [-0.1, -0.05) is 23.4 Å². The first-order valence-corrected chi connectivity index (χ1v) is 8.36. The second-order valence-corrected chi connectivity index (χ2v) is 6.68. The zero-order valence-electron chi connectivity index (χ0n) is 11.6. The summed E-state index contributed by atoms with van der Waals surface area (Å²) >= 11 is 2.58. The molecule has 0 fully saturated rings. The highest BCUT2D eigenvalue weighted by Crippen LogP contribution is 2.25. The van der Waals surface area contributed by atoms with Gasteiger partial charge in [0.1, 0.15) is 6.26 Å². The summed E-state index contributed by atoms with van der Waals surface area (Å²) in [6, 6.07) is 11.0. The van der Waals surface area contributed by atoms with Crippen LogP contribution in [-0.4, -0.2) is 21.7 Å². The predicted molar refractivity (Wildman–Crippen MR) is 87.3 cm³/mol. The zero-order chi connectivity index (χ0) is 15.8. The van der Waals surface area contributed by atoms with Crippen molar-refractivity contribution in [1.29, 1.82) is 0 Å². The molecule has 0 aliphatic rings. The lowest BCUT2D eigenvalue weighted by Gasteiger charge is -1.96. The van der Waals surface area contributed by atoms with E-state index in [4.69, 9.17) is 4.52 Å². The maximum absolute atomic E-state index is 12.6. The third-order valence-electron chi connectivity index (χ3n) is 3.26. The molecule has 0 atom stereocenters. The van der Waals surface area contributed by atoms with E-state index < -0.39 is 5.78 Å². The van der Waals surface area contributed by atoms with Crippen molar-refractivity contribution in [1.82, 2.24) is 10.1 Å². The van der Waals surface area contributed by atoms with Crippen molar-refractivity contribution in [2.75, 3.05) is 0 Å². The van der Waals surface area contributed by atoms with Gasteiger partial charge in [0.15, 0.2) is 10.7 Å². The Kier molecular flexibility index (Phi) is 3.36. The summed E-state index contributed by atoms with van der Waals surface area (Å²) in [5.74, 6) is -0.675. The van der Waals surface area contributed by atoms with Crippen LogP contribution in [0.2, 0.25) is 0 Å². The lowest BCUT2D eigenvalue weighted by molar-refractivity contribution is 0.100. The van der Waals surface area contributed by atoms with Gasteiger partial charge in [-0.05, 0) is 23.6 Å². The van der Waals surface area contributed by atoms with E-state index in [1.54, 1.807) is 17.5 Å². The number of nitrogens with zero attached hydrogens (tertiary/aromatic N) is 2. The van der Waals surface area contributed by atoms with Crippen LogP contribution in [0.4, 0.5) is 0 Å². The van der Waals surface area contributed by atoms with Gasteiger partial charge in [-0.3, -0.25) is 9.59 Å². The standard InChI is InChI=1S/C16H8N2O3S2/c19-14(12-6-3-7-22-12)9-8-21-18-13(9)15(20)16-17-10-4-1-2-5-11(10)23-16/h1-8H. The molecule has 1 aromatic carbocycles. The number of carbonyl (C=O) groups excluding carboxylic acids is 2. The Hall–Kier alpha value is -2.64. The van der Waals surface area contributed by atoms with Crippen molar-refractivity contribution in [3.63, 3.8) is 0 Å². The maximum Gasteiger partial charge on any atom is 0.244 e. The van der Waals surface area contributed by atoms with E-state index in [-0.39, 0.29) is 17.0 Å². The number of rotatable bonds is 4. The lowest BCUT2D eigenvalue weighted by Crippen LogP contribution is -2.09. The Bertz CT molecular complexity index is 982. The molecule has 112 valence electrons. The molecule has 0 spiro atoms. The number of hydrogen-bond donors (Lipinski definition) is 0. The number of ketones is 2. The Morgan fingerprint density at radius 3 is 2.70 bits per heavy atom. The van der Waals surface area contributed by atoms with E-state index in [1.807, 2.05) is 24.3 Å². The quantitative estimate of drug-likeness (QED) is 0.528. The summed E-state index contributed by atoms with van der Waals surface area (Å²) in [4.78, 5) is 29.9. The molecule has 0 radical (unpaired) electrons. The molecule has 0 aliphatic carbocycles. The van der Waals surface area contributed by atoms with Gasteiger partial charge in [0.05, 0.1) is 20.7 Å². The molecular formula is C16H8N2O3S2.